The lowest BCUT2D eigenvalue weighted by atomic mass is 9.93. The van der Waals surface area contributed by atoms with E-state index in [0.29, 0.717) is 11.8 Å². The van der Waals surface area contributed by atoms with Crippen molar-refractivity contribution < 1.29 is 4.79 Å². The van der Waals surface area contributed by atoms with Gasteiger partial charge < -0.3 is 9.80 Å². The molecule has 0 radical (unpaired) electrons. The summed E-state index contributed by atoms with van der Waals surface area (Å²) in [6.07, 6.45) is 3.93. The maximum Gasteiger partial charge on any atom is 0.241 e. The monoisotopic (exact) mass is 267 g/mol. The number of rotatable bonds is 4. The van der Waals surface area contributed by atoms with Crippen molar-refractivity contribution in [3.63, 3.8) is 0 Å². The highest BCUT2D eigenvalue weighted by Crippen LogP contribution is 2.22. The van der Waals surface area contributed by atoms with E-state index in [9.17, 15) is 4.79 Å². The van der Waals surface area contributed by atoms with Gasteiger partial charge in [0, 0.05) is 6.54 Å². The van der Waals surface area contributed by atoms with Crippen LogP contribution in [0.2, 0.25) is 0 Å². The van der Waals surface area contributed by atoms with Crippen molar-refractivity contribution in [3.8, 4) is 0 Å². The molecule has 2 saturated heterocycles. The van der Waals surface area contributed by atoms with Crippen molar-refractivity contribution in [2.45, 2.75) is 52.2 Å². The number of amides is 1. The fourth-order valence-electron chi connectivity index (χ4n) is 3.24. The van der Waals surface area contributed by atoms with Crippen LogP contribution in [0.4, 0.5) is 0 Å². The second kappa shape index (κ2) is 6.23. The van der Waals surface area contributed by atoms with Gasteiger partial charge in [-0.3, -0.25) is 10.1 Å². The summed E-state index contributed by atoms with van der Waals surface area (Å²) in [5.74, 6) is 1.48. The summed E-state index contributed by atoms with van der Waals surface area (Å²) in [6.45, 7) is 9.67. The molecule has 2 rings (SSSR count). The third-order valence-corrected chi connectivity index (χ3v) is 4.72. The Morgan fingerprint density at radius 3 is 2.47 bits per heavy atom. The van der Waals surface area contributed by atoms with Crippen molar-refractivity contribution in [2.75, 3.05) is 26.7 Å². The lowest BCUT2D eigenvalue weighted by molar-refractivity contribution is -0.130. The fourth-order valence-corrected chi connectivity index (χ4v) is 3.24. The van der Waals surface area contributed by atoms with Gasteiger partial charge in [-0.15, -0.1) is 0 Å². The lowest BCUT2D eigenvalue weighted by Gasteiger charge is -2.30. The van der Waals surface area contributed by atoms with Crippen molar-refractivity contribution in [3.05, 3.63) is 0 Å². The highest BCUT2D eigenvalue weighted by atomic mass is 16.2. The Kier molecular flexibility index (Phi) is 4.85. The second-order valence-electron chi connectivity index (χ2n) is 6.63. The van der Waals surface area contributed by atoms with E-state index in [1.165, 1.54) is 25.9 Å². The van der Waals surface area contributed by atoms with E-state index < -0.39 is 0 Å². The molecular formula is C15H29N3O. The molecular weight excluding hydrogens is 238 g/mol. The van der Waals surface area contributed by atoms with Gasteiger partial charge in [-0.1, -0.05) is 13.8 Å². The highest BCUT2D eigenvalue weighted by Gasteiger charge is 2.37. The van der Waals surface area contributed by atoms with Gasteiger partial charge in [0.2, 0.25) is 5.91 Å². The standard InChI is InChI=1S/C15H29N3O/c1-11(2)14-15(19)18(12(3)16-14)10-7-13-5-8-17(4)9-6-13/h11-14,16H,5-10H2,1-4H3. The third kappa shape index (κ3) is 3.48. The molecule has 0 saturated carbocycles. The van der Waals surface area contributed by atoms with Gasteiger partial charge >= 0.3 is 0 Å². The molecule has 19 heavy (non-hydrogen) atoms. The van der Waals surface area contributed by atoms with Gasteiger partial charge in [-0.25, -0.2) is 0 Å². The summed E-state index contributed by atoms with van der Waals surface area (Å²) in [4.78, 5) is 16.8. The smallest absolute Gasteiger partial charge is 0.241 e. The molecule has 0 aliphatic carbocycles. The zero-order valence-electron chi connectivity index (χ0n) is 12.9. The van der Waals surface area contributed by atoms with E-state index >= 15 is 0 Å². The van der Waals surface area contributed by atoms with Gasteiger partial charge in [0.25, 0.3) is 0 Å². The van der Waals surface area contributed by atoms with E-state index in [0.717, 1.165) is 18.9 Å². The van der Waals surface area contributed by atoms with Crippen LogP contribution in [0.25, 0.3) is 0 Å². The molecule has 0 bridgehead atoms. The number of carbonyl (C=O) groups is 1. The van der Waals surface area contributed by atoms with Crippen molar-refractivity contribution >= 4 is 5.91 Å². The quantitative estimate of drug-likeness (QED) is 0.839. The molecule has 4 heteroatoms. The number of nitrogens with one attached hydrogen (secondary N) is 1. The van der Waals surface area contributed by atoms with Crippen molar-refractivity contribution in [1.29, 1.82) is 0 Å². The van der Waals surface area contributed by atoms with Crippen LogP contribution < -0.4 is 5.32 Å². The number of hydrogen-bond acceptors (Lipinski definition) is 3. The zero-order chi connectivity index (χ0) is 14.0. The number of nitrogens with zero attached hydrogens (tertiary/aromatic N) is 2. The molecule has 0 aromatic carbocycles. The Morgan fingerprint density at radius 2 is 1.95 bits per heavy atom. The van der Waals surface area contributed by atoms with E-state index in [4.69, 9.17) is 0 Å². The van der Waals surface area contributed by atoms with Crippen LogP contribution in [0.1, 0.15) is 40.0 Å². The van der Waals surface area contributed by atoms with Crippen molar-refractivity contribution in [2.24, 2.45) is 11.8 Å². The van der Waals surface area contributed by atoms with E-state index in [1.807, 2.05) is 4.90 Å². The molecule has 0 spiro atoms. The Morgan fingerprint density at radius 1 is 1.32 bits per heavy atom. The van der Waals surface area contributed by atoms with E-state index in [1.54, 1.807) is 0 Å². The first-order chi connectivity index (χ1) is 8.99. The maximum atomic E-state index is 12.3. The molecule has 4 nitrogen and oxygen atoms in total. The van der Waals surface area contributed by atoms with Crippen LogP contribution in [0.5, 0.6) is 0 Å². The fraction of sp³-hybridized carbons (Fsp3) is 0.933. The van der Waals surface area contributed by atoms with Gasteiger partial charge in [0.15, 0.2) is 0 Å². The topological polar surface area (TPSA) is 35.6 Å². The Hall–Kier alpha value is -0.610. The maximum absolute atomic E-state index is 12.3. The molecule has 2 aliphatic heterocycles. The van der Waals surface area contributed by atoms with Gasteiger partial charge in [-0.2, -0.15) is 0 Å². The van der Waals surface area contributed by atoms with Gasteiger partial charge in [-0.05, 0) is 58.2 Å². The first kappa shape index (κ1) is 14.8. The molecule has 0 aromatic heterocycles. The molecule has 2 unspecified atom stereocenters. The van der Waals surface area contributed by atoms with E-state index in [-0.39, 0.29) is 12.2 Å². The molecule has 2 heterocycles. The van der Waals surface area contributed by atoms with Crippen molar-refractivity contribution in [1.82, 2.24) is 15.1 Å². The molecule has 110 valence electrons. The number of likely N-dealkylation sites (tertiary alicyclic amines) is 1. The summed E-state index contributed by atoms with van der Waals surface area (Å²) < 4.78 is 0. The Balaban J connectivity index is 1.81. The third-order valence-electron chi connectivity index (χ3n) is 4.72. The number of carbonyl (C=O) groups excluding carboxylic acids is 1. The minimum absolute atomic E-state index is 0.0208. The summed E-state index contributed by atoms with van der Waals surface area (Å²) in [7, 11) is 2.19. The first-order valence-electron chi connectivity index (χ1n) is 7.74. The minimum Gasteiger partial charge on any atom is -0.326 e. The predicted octanol–water partition coefficient (Wildman–Crippen LogP) is 1.52. The average Bonchev–Trinajstić information content (AvgIpc) is 2.65. The van der Waals surface area contributed by atoms with Crippen LogP contribution in [0, 0.1) is 11.8 Å². The Bertz CT molecular complexity index is 311. The van der Waals surface area contributed by atoms with Crippen LogP contribution in [-0.4, -0.2) is 54.6 Å². The molecule has 1 amide bonds. The number of hydrogen-bond donors (Lipinski definition) is 1. The molecule has 1 N–H and O–H groups in total. The average molecular weight is 267 g/mol. The minimum atomic E-state index is 0.0208. The second-order valence-corrected chi connectivity index (χ2v) is 6.63. The molecule has 0 aromatic rings. The largest absolute Gasteiger partial charge is 0.326 e. The van der Waals surface area contributed by atoms with E-state index in [2.05, 4.69) is 38.0 Å². The van der Waals surface area contributed by atoms with Crippen LogP contribution in [-0.2, 0) is 4.79 Å². The van der Waals surface area contributed by atoms with Crippen LogP contribution >= 0.6 is 0 Å². The number of piperidine rings is 1. The normalized spacial score (nSPS) is 30.6. The van der Waals surface area contributed by atoms with Gasteiger partial charge in [0.1, 0.15) is 0 Å². The molecule has 2 atom stereocenters. The summed E-state index contributed by atoms with van der Waals surface area (Å²) in [6, 6.07) is 0.0208. The molecule has 2 aliphatic rings. The summed E-state index contributed by atoms with van der Waals surface area (Å²) in [5, 5.41) is 3.42. The predicted molar refractivity (Wildman–Crippen MR) is 77.8 cm³/mol. The SMILES string of the molecule is CC(C)C1NC(C)N(CCC2CCN(C)CC2)C1=O. The highest BCUT2D eigenvalue weighted by molar-refractivity contribution is 5.84. The van der Waals surface area contributed by atoms with Gasteiger partial charge in [0.05, 0.1) is 12.2 Å². The Labute approximate surface area is 117 Å². The molecule has 2 fully saturated rings. The summed E-state index contributed by atoms with van der Waals surface area (Å²) >= 11 is 0. The summed E-state index contributed by atoms with van der Waals surface area (Å²) in [5.41, 5.74) is 0. The first-order valence-corrected chi connectivity index (χ1v) is 7.74. The van der Waals surface area contributed by atoms with Crippen LogP contribution in [0.15, 0.2) is 0 Å². The lowest BCUT2D eigenvalue weighted by Crippen LogP contribution is -2.37. The van der Waals surface area contributed by atoms with Crippen LogP contribution in [0.3, 0.4) is 0 Å². The zero-order valence-corrected chi connectivity index (χ0v) is 12.9.